The predicted molar refractivity (Wildman–Crippen MR) is 69.9 cm³/mol. The number of hydrogen-bond donors (Lipinski definition) is 1. The molecule has 0 bridgehead atoms. The van der Waals surface area contributed by atoms with Crippen LogP contribution in [-0.2, 0) is 0 Å². The normalized spacial score (nSPS) is 11.9. The van der Waals surface area contributed by atoms with Gasteiger partial charge in [-0.2, -0.15) is 0 Å². The van der Waals surface area contributed by atoms with Crippen LogP contribution in [0.1, 0.15) is 37.0 Å². The first-order chi connectivity index (χ1) is 8.45. The summed E-state index contributed by atoms with van der Waals surface area (Å²) in [5.41, 5.74) is -0.0125. The SMILES string of the molecule is CCC[C@H](C)NC(=O)c1ccc(Cl)c([N+](=O)[O-])c1. The lowest BCUT2D eigenvalue weighted by Gasteiger charge is -2.12. The van der Waals surface area contributed by atoms with E-state index in [1.807, 2.05) is 13.8 Å². The molecule has 1 N–H and O–H groups in total. The van der Waals surface area contributed by atoms with Crippen LogP contribution in [0.2, 0.25) is 5.02 Å². The third-order valence-electron chi connectivity index (χ3n) is 2.50. The predicted octanol–water partition coefficient (Wildman–Crippen LogP) is 3.17. The second kappa shape index (κ2) is 6.35. The number of halogens is 1. The molecule has 0 spiro atoms. The summed E-state index contributed by atoms with van der Waals surface area (Å²) in [7, 11) is 0. The van der Waals surface area contributed by atoms with E-state index in [1.165, 1.54) is 18.2 Å². The van der Waals surface area contributed by atoms with Crippen molar-refractivity contribution in [1.29, 1.82) is 0 Å². The Hall–Kier alpha value is -1.62. The van der Waals surface area contributed by atoms with Crippen molar-refractivity contribution in [2.45, 2.75) is 32.7 Å². The molecule has 0 aliphatic heterocycles. The van der Waals surface area contributed by atoms with Crippen LogP contribution >= 0.6 is 11.6 Å². The molecule has 0 saturated carbocycles. The van der Waals surface area contributed by atoms with Crippen LogP contribution in [0.15, 0.2) is 18.2 Å². The smallest absolute Gasteiger partial charge is 0.288 e. The van der Waals surface area contributed by atoms with Gasteiger partial charge in [-0.05, 0) is 25.5 Å². The molecular weight excluding hydrogens is 256 g/mol. The Morgan fingerprint density at radius 3 is 2.78 bits per heavy atom. The average Bonchev–Trinajstić information content (AvgIpc) is 2.29. The van der Waals surface area contributed by atoms with Gasteiger partial charge >= 0.3 is 0 Å². The fourth-order valence-corrected chi connectivity index (χ4v) is 1.79. The van der Waals surface area contributed by atoms with Crippen LogP contribution in [0.5, 0.6) is 0 Å². The van der Waals surface area contributed by atoms with Crippen LogP contribution in [0.3, 0.4) is 0 Å². The van der Waals surface area contributed by atoms with E-state index in [0.29, 0.717) is 0 Å². The number of nitro benzene ring substituents is 1. The van der Waals surface area contributed by atoms with E-state index >= 15 is 0 Å². The van der Waals surface area contributed by atoms with Crippen LogP contribution < -0.4 is 5.32 Å². The van der Waals surface area contributed by atoms with E-state index in [-0.39, 0.29) is 28.2 Å². The summed E-state index contributed by atoms with van der Waals surface area (Å²) >= 11 is 5.68. The second-order valence-corrected chi connectivity index (χ2v) is 4.49. The maximum Gasteiger partial charge on any atom is 0.288 e. The fraction of sp³-hybridized carbons (Fsp3) is 0.417. The molecule has 18 heavy (non-hydrogen) atoms. The molecule has 0 fully saturated rings. The second-order valence-electron chi connectivity index (χ2n) is 4.09. The standard InChI is InChI=1S/C12H15ClN2O3/c1-3-4-8(2)14-12(16)9-5-6-10(13)11(7-9)15(17)18/h5-8H,3-4H2,1-2H3,(H,14,16)/t8-/m0/s1. The molecule has 0 radical (unpaired) electrons. The number of rotatable bonds is 5. The summed E-state index contributed by atoms with van der Waals surface area (Å²) in [6.07, 6.45) is 1.82. The van der Waals surface area contributed by atoms with Gasteiger partial charge in [-0.15, -0.1) is 0 Å². The van der Waals surface area contributed by atoms with Crippen LogP contribution in [0, 0.1) is 10.1 Å². The van der Waals surface area contributed by atoms with Gasteiger partial charge in [0.15, 0.2) is 0 Å². The van der Waals surface area contributed by atoms with Gasteiger partial charge in [-0.25, -0.2) is 0 Å². The maximum absolute atomic E-state index is 11.8. The molecule has 98 valence electrons. The van der Waals surface area contributed by atoms with Crippen molar-refractivity contribution in [1.82, 2.24) is 5.32 Å². The molecule has 6 heteroatoms. The molecule has 1 atom stereocenters. The molecule has 0 aromatic heterocycles. The summed E-state index contributed by atoms with van der Waals surface area (Å²) in [6.45, 7) is 3.92. The summed E-state index contributed by atoms with van der Waals surface area (Å²) in [6, 6.07) is 4.07. The number of nitrogens with one attached hydrogen (secondary N) is 1. The van der Waals surface area contributed by atoms with Crippen molar-refractivity contribution in [2.75, 3.05) is 0 Å². The Kier molecular flexibility index (Phi) is 5.09. The van der Waals surface area contributed by atoms with Crippen molar-refractivity contribution in [3.63, 3.8) is 0 Å². The largest absolute Gasteiger partial charge is 0.350 e. The lowest BCUT2D eigenvalue weighted by molar-refractivity contribution is -0.384. The molecule has 1 rings (SSSR count). The topological polar surface area (TPSA) is 72.2 Å². The number of nitro groups is 1. The van der Waals surface area contributed by atoms with Gasteiger partial charge in [-0.3, -0.25) is 14.9 Å². The van der Waals surface area contributed by atoms with Gasteiger partial charge in [0.05, 0.1) is 4.92 Å². The van der Waals surface area contributed by atoms with Gasteiger partial charge in [0.25, 0.3) is 11.6 Å². The quantitative estimate of drug-likeness (QED) is 0.660. The Bertz CT molecular complexity index is 463. The molecule has 1 aromatic rings. The lowest BCUT2D eigenvalue weighted by atomic mass is 10.1. The van der Waals surface area contributed by atoms with E-state index in [1.54, 1.807) is 0 Å². The summed E-state index contributed by atoms with van der Waals surface area (Å²) in [4.78, 5) is 21.9. The Labute approximate surface area is 110 Å². The zero-order chi connectivity index (χ0) is 13.7. The molecule has 0 heterocycles. The summed E-state index contributed by atoms with van der Waals surface area (Å²) < 4.78 is 0. The summed E-state index contributed by atoms with van der Waals surface area (Å²) in [5.74, 6) is -0.323. The highest BCUT2D eigenvalue weighted by atomic mass is 35.5. The van der Waals surface area contributed by atoms with Crippen LogP contribution in [-0.4, -0.2) is 16.9 Å². The van der Waals surface area contributed by atoms with Gasteiger partial charge in [0, 0.05) is 17.7 Å². The van der Waals surface area contributed by atoms with Crippen molar-refractivity contribution in [2.24, 2.45) is 0 Å². The highest BCUT2D eigenvalue weighted by molar-refractivity contribution is 6.32. The average molecular weight is 271 g/mol. The number of hydrogen-bond acceptors (Lipinski definition) is 3. The Morgan fingerprint density at radius 1 is 1.56 bits per heavy atom. The minimum Gasteiger partial charge on any atom is -0.350 e. The highest BCUT2D eigenvalue weighted by Crippen LogP contribution is 2.25. The first-order valence-electron chi connectivity index (χ1n) is 5.70. The number of carbonyl (C=O) groups excluding carboxylic acids is 1. The van der Waals surface area contributed by atoms with Crippen molar-refractivity contribution in [3.8, 4) is 0 Å². The van der Waals surface area contributed by atoms with Gasteiger partial charge in [0.1, 0.15) is 5.02 Å². The molecule has 1 amide bonds. The van der Waals surface area contributed by atoms with Gasteiger partial charge < -0.3 is 5.32 Å². The Balaban J connectivity index is 2.87. The van der Waals surface area contributed by atoms with Gasteiger partial charge in [-0.1, -0.05) is 24.9 Å². The van der Waals surface area contributed by atoms with Crippen LogP contribution in [0.4, 0.5) is 5.69 Å². The minimum absolute atomic E-state index is 0.0261. The van der Waals surface area contributed by atoms with Crippen LogP contribution in [0.25, 0.3) is 0 Å². The van der Waals surface area contributed by atoms with E-state index in [9.17, 15) is 14.9 Å². The molecule has 5 nitrogen and oxygen atoms in total. The molecule has 0 saturated heterocycles. The molecule has 0 aliphatic carbocycles. The number of carbonyl (C=O) groups is 1. The number of amides is 1. The lowest BCUT2D eigenvalue weighted by Crippen LogP contribution is -2.32. The molecule has 0 unspecified atom stereocenters. The molecule has 0 aliphatic rings. The first-order valence-corrected chi connectivity index (χ1v) is 6.08. The number of benzene rings is 1. The summed E-state index contributed by atoms with van der Waals surface area (Å²) in [5, 5.41) is 13.5. The fourth-order valence-electron chi connectivity index (χ4n) is 1.61. The van der Waals surface area contributed by atoms with Crippen molar-refractivity contribution in [3.05, 3.63) is 38.9 Å². The third kappa shape index (κ3) is 3.70. The van der Waals surface area contributed by atoms with Gasteiger partial charge in [0.2, 0.25) is 0 Å². The zero-order valence-electron chi connectivity index (χ0n) is 10.3. The van der Waals surface area contributed by atoms with E-state index in [2.05, 4.69) is 5.32 Å². The monoisotopic (exact) mass is 270 g/mol. The van der Waals surface area contributed by atoms with E-state index in [0.717, 1.165) is 12.8 Å². The minimum atomic E-state index is -0.603. The van der Waals surface area contributed by atoms with E-state index in [4.69, 9.17) is 11.6 Å². The molecular formula is C12H15ClN2O3. The third-order valence-corrected chi connectivity index (χ3v) is 2.82. The first kappa shape index (κ1) is 14.4. The van der Waals surface area contributed by atoms with Crippen molar-refractivity contribution < 1.29 is 9.72 Å². The van der Waals surface area contributed by atoms with E-state index < -0.39 is 4.92 Å². The van der Waals surface area contributed by atoms with Crippen molar-refractivity contribution >= 4 is 23.2 Å². The molecule has 1 aromatic carbocycles. The number of nitrogens with zero attached hydrogens (tertiary/aromatic N) is 1. The zero-order valence-corrected chi connectivity index (χ0v) is 11.0. The highest BCUT2D eigenvalue weighted by Gasteiger charge is 2.17. The Morgan fingerprint density at radius 2 is 2.22 bits per heavy atom. The maximum atomic E-state index is 11.8.